The first kappa shape index (κ1) is 19.6. The van der Waals surface area contributed by atoms with Crippen molar-refractivity contribution in [3.8, 4) is 11.5 Å². The number of aryl methyl sites for hydroxylation is 2. The molecule has 7 nitrogen and oxygen atoms in total. The van der Waals surface area contributed by atoms with Crippen molar-refractivity contribution in [2.24, 2.45) is 0 Å². The van der Waals surface area contributed by atoms with Crippen molar-refractivity contribution >= 4 is 21.7 Å². The summed E-state index contributed by atoms with van der Waals surface area (Å²) in [6.45, 7) is 3.30. The van der Waals surface area contributed by atoms with E-state index < -0.39 is 16.0 Å². The number of hydrogen-bond donors (Lipinski definition) is 1. The number of nitrogens with one attached hydrogen (secondary N) is 1. The molecule has 0 spiro atoms. The SMILES string of the molecule is COC(=O)COc1ccc(S(=O)(=O)Nc2cc(C)ccc2OC)cc1C. The summed E-state index contributed by atoms with van der Waals surface area (Å²) in [4.78, 5) is 11.2. The maximum absolute atomic E-state index is 12.7. The second kappa shape index (κ2) is 8.09. The highest BCUT2D eigenvalue weighted by Crippen LogP contribution is 2.29. The number of benzene rings is 2. The third-order valence-corrected chi connectivity index (χ3v) is 4.99. The number of ether oxygens (including phenoxy) is 3. The Morgan fingerprint density at radius 1 is 1.04 bits per heavy atom. The van der Waals surface area contributed by atoms with Gasteiger partial charge in [-0.15, -0.1) is 0 Å². The van der Waals surface area contributed by atoms with Gasteiger partial charge in [0.25, 0.3) is 10.0 Å². The van der Waals surface area contributed by atoms with E-state index in [4.69, 9.17) is 9.47 Å². The minimum atomic E-state index is -3.82. The van der Waals surface area contributed by atoms with Gasteiger partial charge in [0.2, 0.25) is 0 Å². The van der Waals surface area contributed by atoms with E-state index in [0.717, 1.165) is 5.56 Å². The molecule has 1 N–H and O–H groups in total. The fourth-order valence-electron chi connectivity index (χ4n) is 2.25. The van der Waals surface area contributed by atoms with Crippen molar-refractivity contribution in [1.29, 1.82) is 0 Å². The van der Waals surface area contributed by atoms with Crippen molar-refractivity contribution in [1.82, 2.24) is 0 Å². The average molecular weight is 379 g/mol. The van der Waals surface area contributed by atoms with Crippen molar-refractivity contribution < 1.29 is 27.4 Å². The lowest BCUT2D eigenvalue weighted by atomic mass is 10.2. The first-order valence-corrected chi connectivity index (χ1v) is 9.23. The first-order chi connectivity index (χ1) is 12.3. The molecule has 2 rings (SSSR count). The lowest BCUT2D eigenvalue weighted by Gasteiger charge is -2.14. The highest BCUT2D eigenvalue weighted by Gasteiger charge is 2.18. The van der Waals surface area contributed by atoms with E-state index in [-0.39, 0.29) is 11.5 Å². The zero-order chi connectivity index (χ0) is 19.3. The maximum atomic E-state index is 12.7. The number of carbonyl (C=O) groups is 1. The smallest absolute Gasteiger partial charge is 0.343 e. The fourth-order valence-corrected chi connectivity index (χ4v) is 3.40. The normalized spacial score (nSPS) is 10.9. The van der Waals surface area contributed by atoms with Crippen LogP contribution in [0, 0.1) is 13.8 Å². The summed E-state index contributed by atoms with van der Waals surface area (Å²) >= 11 is 0. The predicted octanol–water partition coefficient (Wildman–Crippen LogP) is 2.66. The van der Waals surface area contributed by atoms with Crippen LogP contribution in [0.3, 0.4) is 0 Å². The van der Waals surface area contributed by atoms with E-state index in [1.54, 1.807) is 19.1 Å². The third-order valence-electron chi connectivity index (χ3n) is 3.63. The Labute approximate surface area is 152 Å². The molecule has 0 unspecified atom stereocenters. The summed E-state index contributed by atoms with van der Waals surface area (Å²) in [7, 11) is -1.08. The van der Waals surface area contributed by atoms with Crippen LogP contribution < -0.4 is 14.2 Å². The predicted molar refractivity (Wildman–Crippen MR) is 97.2 cm³/mol. The van der Waals surface area contributed by atoms with E-state index >= 15 is 0 Å². The Kier molecular flexibility index (Phi) is 6.10. The summed E-state index contributed by atoms with van der Waals surface area (Å²) in [5.41, 5.74) is 1.83. The standard InChI is InChI=1S/C18H21NO6S/c1-12-5-7-17(23-3)15(9-12)19-26(21,22)14-6-8-16(13(2)10-14)25-11-18(20)24-4/h5-10,19H,11H2,1-4H3. The van der Waals surface area contributed by atoms with Crippen LogP contribution in [0.1, 0.15) is 11.1 Å². The van der Waals surface area contributed by atoms with Crippen LogP contribution in [0.15, 0.2) is 41.3 Å². The van der Waals surface area contributed by atoms with E-state index in [0.29, 0.717) is 22.7 Å². The zero-order valence-corrected chi connectivity index (χ0v) is 15.8. The highest BCUT2D eigenvalue weighted by molar-refractivity contribution is 7.92. The third kappa shape index (κ3) is 4.66. The van der Waals surface area contributed by atoms with Crippen LogP contribution in [0.2, 0.25) is 0 Å². The molecule has 0 saturated carbocycles. The van der Waals surface area contributed by atoms with Gasteiger partial charge >= 0.3 is 5.97 Å². The topological polar surface area (TPSA) is 90.9 Å². The Morgan fingerprint density at radius 3 is 2.35 bits per heavy atom. The number of rotatable bonds is 7. The van der Waals surface area contributed by atoms with Crippen molar-refractivity contribution in [2.45, 2.75) is 18.7 Å². The van der Waals surface area contributed by atoms with Crippen LogP contribution in [-0.2, 0) is 19.6 Å². The maximum Gasteiger partial charge on any atom is 0.343 e. The summed E-state index contributed by atoms with van der Waals surface area (Å²) < 4.78 is 42.9. The molecule has 8 heteroatoms. The molecule has 26 heavy (non-hydrogen) atoms. The summed E-state index contributed by atoms with van der Waals surface area (Å²) in [6.07, 6.45) is 0. The highest BCUT2D eigenvalue weighted by atomic mass is 32.2. The van der Waals surface area contributed by atoms with Crippen LogP contribution in [-0.4, -0.2) is 35.2 Å². The van der Waals surface area contributed by atoms with Gasteiger partial charge in [0.15, 0.2) is 6.61 Å². The number of methoxy groups -OCH3 is 2. The molecule has 0 saturated heterocycles. The lowest BCUT2D eigenvalue weighted by molar-refractivity contribution is -0.142. The molecule has 0 radical (unpaired) electrons. The van der Waals surface area contributed by atoms with Gasteiger partial charge in [0.1, 0.15) is 11.5 Å². The Hall–Kier alpha value is -2.74. The van der Waals surface area contributed by atoms with Gasteiger partial charge in [-0.3, -0.25) is 4.72 Å². The molecule has 0 aromatic heterocycles. The number of anilines is 1. The minimum Gasteiger partial charge on any atom is -0.495 e. The Morgan fingerprint density at radius 2 is 1.73 bits per heavy atom. The minimum absolute atomic E-state index is 0.0731. The van der Waals surface area contributed by atoms with Crippen LogP contribution in [0.5, 0.6) is 11.5 Å². The van der Waals surface area contributed by atoms with Crippen LogP contribution in [0.4, 0.5) is 5.69 Å². The van der Waals surface area contributed by atoms with Gasteiger partial charge in [-0.2, -0.15) is 0 Å². The van der Waals surface area contributed by atoms with Gasteiger partial charge in [-0.05, 0) is 55.3 Å². The largest absolute Gasteiger partial charge is 0.495 e. The lowest BCUT2D eigenvalue weighted by Crippen LogP contribution is -2.15. The Bertz CT molecular complexity index is 908. The average Bonchev–Trinajstić information content (AvgIpc) is 2.60. The molecule has 0 fully saturated rings. The monoisotopic (exact) mass is 379 g/mol. The molecular formula is C18H21NO6S. The molecule has 140 valence electrons. The quantitative estimate of drug-likeness (QED) is 0.744. The summed E-state index contributed by atoms with van der Waals surface area (Å²) in [5, 5.41) is 0. The van der Waals surface area contributed by atoms with Crippen molar-refractivity contribution in [2.75, 3.05) is 25.5 Å². The van der Waals surface area contributed by atoms with E-state index in [9.17, 15) is 13.2 Å². The summed E-state index contributed by atoms with van der Waals surface area (Å²) in [6, 6.07) is 9.59. The summed E-state index contributed by atoms with van der Waals surface area (Å²) in [5.74, 6) is 0.311. The van der Waals surface area contributed by atoms with Crippen molar-refractivity contribution in [3.63, 3.8) is 0 Å². The van der Waals surface area contributed by atoms with E-state index in [1.165, 1.54) is 32.4 Å². The van der Waals surface area contributed by atoms with Gasteiger partial charge in [-0.1, -0.05) is 6.07 Å². The fraction of sp³-hybridized carbons (Fsp3) is 0.278. The second-order valence-corrected chi connectivity index (χ2v) is 7.28. The van der Waals surface area contributed by atoms with Gasteiger partial charge in [0, 0.05) is 0 Å². The number of esters is 1. The molecule has 0 aliphatic rings. The van der Waals surface area contributed by atoms with E-state index in [2.05, 4.69) is 9.46 Å². The molecule has 0 aliphatic carbocycles. The van der Waals surface area contributed by atoms with Gasteiger partial charge in [-0.25, -0.2) is 13.2 Å². The molecule has 0 aliphatic heterocycles. The molecule has 2 aromatic carbocycles. The van der Waals surface area contributed by atoms with Gasteiger partial charge in [0.05, 0.1) is 24.8 Å². The van der Waals surface area contributed by atoms with Crippen molar-refractivity contribution in [3.05, 3.63) is 47.5 Å². The Balaban J connectivity index is 2.25. The molecular weight excluding hydrogens is 358 g/mol. The first-order valence-electron chi connectivity index (χ1n) is 7.74. The van der Waals surface area contributed by atoms with Crippen LogP contribution in [0.25, 0.3) is 0 Å². The molecule has 2 aromatic rings. The number of hydrogen-bond acceptors (Lipinski definition) is 6. The molecule has 0 atom stereocenters. The van der Waals surface area contributed by atoms with Crippen LogP contribution >= 0.6 is 0 Å². The van der Waals surface area contributed by atoms with Gasteiger partial charge < -0.3 is 14.2 Å². The zero-order valence-electron chi connectivity index (χ0n) is 15.0. The molecule has 0 amide bonds. The number of sulfonamides is 1. The number of carbonyl (C=O) groups excluding carboxylic acids is 1. The second-order valence-electron chi connectivity index (χ2n) is 5.60. The van der Waals surface area contributed by atoms with E-state index in [1.807, 2.05) is 13.0 Å². The molecule has 0 heterocycles. The molecule has 0 bridgehead atoms.